The van der Waals surface area contributed by atoms with Crippen LogP contribution in [0.25, 0.3) is 11.0 Å². The van der Waals surface area contributed by atoms with Gasteiger partial charge in [0, 0.05) is 56.1 Å². The molecule has 0 aliphatic carbocycles. The fraction of sp³-hybridized carbons (Fsp3) is 0.407. The van der Waals surface area contributed by atoms with Gasteiger partial charge in [-0.15, -0.1) is 0 Å². The number of fused-ring (bicyclic) bond motifs is 1. The van der Waals surface area contributed by atoms with Crippen LogP contribution in [0.15, 0.2) is 53.3 Å². The molecule has 0 atom stereocenters. The topological polar surface area (TPSA) is 87.1 Å². The molecule has 1 N–H and O–H groups in total. The Morgan fingerprint density at radius 3 is 2.49 bits per heavy atom. The number of aromatic amines is 1. The van der Waals surface area contributed by atoms with Crippen LogP contribution in [0.1, 0.15) is 43.1 Å². The number of nitrogens with one attached hydrogen (secondary N) is 1. The maximum absolute atomic E-state index is 13.3. The van der Waals surface area contributed by atoms with Crippen LogP contribution < -0.4 is 10.6 Å². The summed E-state index contributed by atoms with van der Waals surface area (Å²) in [5, 5.41) is 0.882. The summed E-state index contributed by atoms with van der Waals surface area (Å²) in [6, 6.07) is 14.3. The minimum Gasteiger partial charge on any atom is -0.347 e. The van der Waals surface area contributed by atoms with E-state index >= 15 is 0 Å². The van der Waals surface area contributed by atoms with E-state index < -0.39 is 0 Å². The second-order valence-corrected chi connectivity index (χ2v) is 10.7. The van der Waals surface area contributed by atoms with Crippen LogP contribution in [-0.4, -0.2) is 55.9 Å². The highest BCUT2D eigenvalue weighted by molar-refractivity contribution is 7.09. The molecule has 0 saturated carbocycles. The maximum Gasteiger partial charge on any atom is 0.326 e. The van der Waals surface area contributed by atoms with Crippen molar-refractivity contribution in [1.29, 1.82) is 0 Å². The zero-order valence-electron chi connectivity index (χ0n) is 20.5. The van der Waals surface area contributed by atoms with Crippen LogP contribution in [0.3, 0.4) is 0 Å². The number of anilines is 1. The molecule has 2 aliphatic heterocycles. The molecule has 0 unspecified atom stereocenters. The predicted octanol–water partition coefficient (Wildman–Crippen LogP) is 3.99. The number of benzene rings is 2. The van der Waals surface area contributed by atoms with Gasteiger partial charge in [-0.1, -0.05) is 24.3 Å². The summed E-state index contributed by atoms with van der Waals surface area (Å²) in [4.78, 5) is 37.7. The summed E-state index contributed by atoms with van der Waals surface area (Å²) >= 11 is 1.38. The number of para-hydroxylation sites is 2. The van der Waals surface area contributed by atoms with Gasteiger partial charge < -0.3 is 14.8 Å². The molecule has 0 bridgehead atoms. The minimum atomic E-state index is -0.248. The number of likely N-dealkylation sites (tertiary alicyclic amines) is 1. The second-order valence-electron chi connectivity index (χ2n) is 9.93. The smallest absolute Gasteiger partial charge is 0.326 e. The number of H-pyrrole nitrogens is 1. The monoisotopic (exact) mass is 520 g/mol. The Labute approximate surface area is 217 Å². The summed E-state index contributed by atoms with van der Waals surface area (Å²) in [5.74, 6) is 0.748. The van der Waals surface area contributed by atoms with Crippen LogP contribution in [0.2, 0.25) is 0 Å². The first-order valence-corrected chi connectivity index (χ1v) is 13.6. The molecule has 0 radical (unpaired) electrons. The fourth-order valence-electron chi connectivity index (χ4n) is 5.59. The molecule has 2 fully saturated rings. The Morgan fingerprint density at radius 2 is 1.73 bits per heavy atom. The third-order valence-electron chi connectivity index (χ3n) is 7.61. The number of imidazole rings is 1. The Hall–Kier alpha value is -3.53. The molecule has 4 heterocycles. The highest BCUT2D eigenvalue weighted by Gasteiger charge is 2.32. The summed E-state index contributed by atoms with van der Waals surface area (Å²) in [6.07, 6.45) is 3.75. The van der Waals surface area contributed by atoms with Crippen molar-refractivity contribution in [3.63, 3.8) is 0 Å². The Morgan fingerprint density at radius 1 is 1.00 bits per heavy atom. The van der Waals surface area contributed by atoms with Crippen molar-refractivity contribution in [2.45, 2.75) is 38.1 Å². The Balaban J connectivity index is 1.02. The molecule has 192 valence electrons. The second kappa shape index (κ2) is 10.1. The van der Waals surface area contributed by atoms with E-state index in [-0.39, 0.29) is 29.4 Å². The third kappa shape index (κ3) is 4.90. The zero-order chi connectivity index (χ0) is 25.4. The molecule has 2 saturated heterocycles. The van der Waals surface area contributed by atoms with Crippen molar-refractivity contribution in [2.24, 2.45) is 5.92 Å². The van der Waals surface area contributed by atoms with Gasteiger partial charge in [-0.2, -0.15) is 4.37 Å². The first-order valence-electron chi connectivity index (χ1n) is 12.8. The van der Waals surface area contributed by atoms with Gasteiger partial charge in [-0.3, -0.25) is 9.36 Å². The summed E-state index contributed by atoms with van der Waals surface area (Å²) < 4.78 is 19.5. The predicted molar refractivity (Wildman–Crippen MR) is 141 cm³/mol. The van der Waals surface area contributed by atoms with Gasteiger partial charge >= 0.3 is 5.69 Å². The van der Waals surface area contributed by atoms with E-state index in [0.717, 1.165) is 66.3 Å². The van der Waals surface area contributed by atoms with Crippen LogP contribution in [0, 0.1) is 11.7 Å². The summed E-state index contributed by atoms with van der Waals surface area (Å²) in [5.41, 5.74) is 2.70. The van der Waals surface area contributed by atoms with Gasteiger partial charge in [0.25, 0.3) is 0 Å². The van der Waals surface area contributed by atoms with Gasteiger partial charge in [0.05, 0.1) is 11.0 Å². The fourth-order valence-corrected chi connectivity index (χ4v) is 6.32. The SMILES string of the molecule is O=C(C1CCN(c2nc(Cc3ccc(F)cc3)ns2)CC1)N1CCC(n2c(=O)[nH]c3ccccc32)CC1. The normalized spacial score (nSPS) is 17.5. The van der Waals surface area contributed by atoms with Gasteiger partial charge in [0.1, 0.15) is 11.6 Å². The number of nitrogens with zero attached hydrogens (tertiary/aromatic N) is 5. The number of piperidine rings is 2. The van der Waals surface area contributed by atoms with Crippen molar-refractivity contribution < 1.29 is 9.18 Å². The number of carbonyl (C=O) groups is 1. The molecule has 4 aromatic rings. The van der Waals surface area contributed by atoms with E-state index in [1.807, 2.05) is 33.7 Å². The summed E-state index contributed by atoms with van der Waals surface area (Å²) in [6.45, 7) is 2.92. The Bertz CT molecular complexity index is 1450. The lowest BCUT2D eigenvalue weighted by Crippen LogP contribution is -2.46. The highest BCUT2D eigenvalue weighted by Crippen LogP contribution is 2.29. The van der Waals surface area contributed by atoms with E-state index in [0.29, 0.717) is 19.5 Å². The lowest BCUT2D eigenvalue weighted by molar-refractivity contribution is -0.137. The van der Waals surface area contributed by atoms with Crippen molar-refractivity contribution in [3.05, 3.63) is 76.2 Å². The van der Waals surface area contributed by atoms with E-state index in [9.17, 15) is 14.0 Å². The number of amides is 1. The zero-order valence-corrected chi connectivity index (χ0v) is 21.3. The van der Waals surface area contributed by atoms with Crippen LogP contribution in [0.5, 0.6) is 0 Å². The van der Waals surface area contributed by atoms with E-state index in [2.05, 4.69) is 19.2 Å². The van der Waals surface area contributed by atoms with Gasteiger partial charge in [0.15, 0.2) is 0 Å². The quantitative estimate of drug-likeness (QED) is 0.430. The van der Waals surface area contributed by atoms with Gasteiger partial charge in [0.2, 0.25) is 11.0 Å². The molecule has 6 rings (SSSR count). The average Bonchev–Trinajstić information content (AvgIpc) is 3.53. The number of halogens is 1. The number of hydrogen-bond donors (Lipinski definition) is 1. The average molecular weight is 521 g/mol. The maximum atomic E-state index is 13.3. The van der Waals surface area contributed by atoms with Gasteiger partial charge in [-0.25, -0.2) is 14.2 Å². The molecule has 10 heteroatoms. The largest absolute Gasteiger partial charge is 0.347 e. The number of hydrogen-bond acceptors (Lipinski definition) is 6. The van der Waals surface area contributed by atoms with Crippen LogP contribution in [-0.2, 0) is 11.2 Å². The van der Waals surface area contributed by atoms with Crippen molar-refractivity contribution in [1.82, 2.24) is 23.8 Å². The first-order chi connectivity index (χ1) is 18.0. The lowest BCUT2D eigenvalue weighted by atomic mass is 9.94. The van der Waals surface area contributed by atoms with Crippen molar-refractivity contribution in [3.8, 4) is 0 Å². The first kappa shape index (κ1) is 23.8. The summed E-state index contributed by atoms with van der Waals surface area (Å²) in [7, 11) is 0. The standard InChI is InChI=1S/C27H29FN6O2S/c28-20-7-5-18(6-8-20)17-24-30-27(37-31-24)33-13-9-19(10-14-33)25(35)32-15-11-21(12-16-32)34-23-4-2-1-3-22(23)29-26(34)36/h1-8,19,21H,9-17H2,(H,29,36). The molecule has 37 heavy (non-hydrogen) atoms. The van der Waals surface area contributed by atoms with E-state index in [4.69, 9.17) is 0 Å². The van der Waals surface area contributed by atoms with E-state index in [1.165, 1.54) is 23.7 Å². The molecular formula is C27H29FN6O2S. The molecule has 2 aromatic carbocycles. The number of aromatic nitrogens is 4. The van der Waals surface area contributed by atoms with Crippen molar-refractivity contribution in [2.75, 3.05) is 31.1 Å². The molecule has 8 nitrogen and oxygen atoms in total. The van der Waals surface area contributed by atoms with Crippen molar-refractivity contribution >= 4 is 33.6 Å². The lowest BCUT2D eigenvalue weighted by Gasteiger charge is -2.37. The van der Waals surface area contributed by atoms with Gasteiger partial charge in [-0.05, 0) is 55.5 Å². The highest BCUT2D eigenvalue weighted by atomic mass is 32.1. The molecule has 0 spiro atoms. The molecule has 2 aromatic heterocycles. The number of carbonyl (C=O) groups excluding carboxylic acids is 1. The number of rotatable bonds is 5. The van der Waals surface area contributed by atoms with Crippen LogP contribution >= 0.6 is 11.5 Å². The molecule has 1 amide bonds. The molecular weight excluding hydrogens is 491 g/mol. The van der Waals surface area contributed by atoms with E-state index in [1.54, 1.807) is 12.1 Å². The minimum absolute atomic E-state index is 0.0234. The Kier molecular flexibility index (Phi) is 6.50. The van der Waals surface area contributed by atoms with Crippen LogP contribution in [0.4, 0.5) is 9.52 Å². The third-order valence-corrected chi connectivity index (χ3v) is 8.43. The molecule has 2 aliphatic rings.